The Morgan fingerprint density at radius 3 is 2.69 bits per heavy atom. The molecule has 4 aromatic rings. The average Bonchev–Trinajstić information content (AvgIpc) is 3.62. The Balaban J connectivity index is 1.30. The number of furan rings is 1. The van der Waals surface area contributed by atoms with Gasteiger partial charge >= 0.3 is 5.97 Å². The van der Waals surface area contributed by atoms with E-state index in [1.54, 1.807) is 52.9 Å². The van der Waals surface area contributed by atoms with E-state index in [0.717, 1.165) is 5.39 Å². The number of rotatable bonds is 7. The molecule has 3 heterocycles. The highest BCUT2D eigenvalue weighted by Gasteiger charge is 2.30. The summed E-state index contributed by atoms with van der Waals surface area (Å²) >= 11 is 7.56. The molecule has 0 fully saturated rings. The van der Waals surface area contributed by atoms with Crippen molar-refractivity contribution < 1.29 is 33.8 Å². The van der Waals surface area contributed by atoms with Gasteiger partial charge in [-0.2, -0.15) is 0 Å². The van der Waals surface area contributed by atoms with Crippen LogP contribution in [0, 0.1) is 0 Å². The van der Waals surface area contributed by atoms with Crippen molar-refractivity contribution in [3.63, 3.8) is 0 Å². The molecule has 200 valence electrons. The molecule has 5 rings (SSSR count). The predicted octanol–water partition coefficient (Wildman–Crippen LogP) is 3.66. The summed E-state index contributed by atoms with van der Waals surface area (Å²) in [5, 5.41) is 27.8. The Kier molecular flexibility index (Phi) is 7.27. The van der Waals surface area contributed by atoms with Crippen LogP contribution in [0.5, 0.6) is 5.75 Å². The number of halogens is 1. The highest BCUT2D eigenvalue weighted by atomic mass is 35.5. The van der Waals surface area contributed by atoms with Gasteiger partial charge in [-0.1, -0.05) is 23.7 Å². The second-order valence-electron chi connectivity index (χ2n) is 8.92. The first-order valence-electron chi connectivity index (χ1n) is 11.9. The monoisotopic (exact) mass is 567 g/mol. The number of fused-ring (bicyclic) bond motifs is 2. The van der Waals surface area contributed by atoms with Gasteiger partial charge in [0.2, 0.25) is 0 Å². The fourth-order valence-electron chi connectivity index (χ4n) is 4.46. The van der Waals surface area contributed by atoms with Crippen molar-refractivity contribution in [3.8, 4) is 5.75 Å². The van der Waals surface area contributed by atoms with E-state index in [4.69, 9.17) is 16.0 Å². The van der Waals surface area contributed by atoms with Crippen molar-refractivity contribution in [1.82, 2.24) is 15.5 Å². The largest absolute Gasteiger partial charge is 0.507 e. The Hall–Kier alpha value is -4.35. The number of carbonyl (C=O) groups is 4. The maximum Gasteiger partial charge on any atom is 0.328 e. The average molecular weight is 568 g/mol. The van der Waals surface area contributed by atoms with Crippen molar-refractivity contribution in [2.24, 2.45) is 0 Å². The van der Waals surface area contributed by atoms with Gasteiger partial charge in [0.1, 0.15) is 17.4 Å². The van der Waals surface area contributed by atoms with Gasteiger partial charge in [0.25, 0.3) is 17.7 Å². The van der Waals surface area contributed by atoms with E-state index in [2.05, 4.69) is 10.6 Å². The van der Waals surface area contributed by atoms with Gasteiger partial charge in [0.05, 0.1) is 21.7 Å². The fraction of sp³-hybridized carbons (Fsp3) is 0.185. The highest BCUT2D eigenvalue weighted by molar-refractivity contribution is 7.12. The third-order valence-electron chi connectivity index (χ3n) is 6.48. The zero-order chi connectivity index (χ0) is 27.7. The zero-order valence-corrected chi connectivity index (χ0v) is 21.8. The molecule has 0 unspecified atom stereocenters. The maximum absolute atomic E-state index is 13.1. The molecule has 0 radical (unpaired) electrons. The van der Waals surface area contributed by atoms with Crippen LogP contribution in [0.2, 0.25) is 5.02 Å². The topological polar surface area (TPSA) is 149 Å². The van der Waals surface area contributed by atoms with Crippen LogP contribution < -0.4 is 10.6 Å². The quantitative estimate of drug-likeness (QED) is 0.266. The molecule has 3 amide bonds. The van der Waals surface area contributed by atoms with Crippen LogP contribution in [0.4, 0.5) is 0 Å². The lowest BCUT2D eigenvalue weighted by molar-refractivity contribution is -0.139. The Morgan fingerprint density at radius 1 is 1.13 bits per heavy atom. The number of nitrogens with zero attached hydrogens (tertiary/aromatic N) is 1. The molecule has 4 N–H and O–H groups in total. The first-order valence-corrected chi connectivity index (χ1v) is 13.1. The van der Waals surface area contributed by atoms with Crippen molar-refractivity contribution in [2.45, 2.75) is 19.0 Å². The van der Waals surface area contributed by atoms with Crippen molar-refractivity contribution >= 4 is 57.6 Å². The molecule has 0 saturated carbocycles. The Morgan fingerprint density at radius 2 is 1.95 bits per heavy atom. The number of amides is 3. The van der Waals surface area contributed by atoms with Gasteiger partial charge in [0.15, 0.2) is 0 Å². The summed E-state index contributed by atoms with van der Waals surface area (Å²) in [7, 11) is 0. The summed E-state index contributed by atoms with van der Waals surface area (Å²) in [6.07, 6.45) is 1.81. The molecule has 10 nitrogen and oxygen atoms in total. The maximum atomic E-state index is 13.1. The van der Waals surface area contributed by atoms with Crippen molar-refractivity contribution in [1.29, 1.82) is 0 Å². The molecule has 39 heavy (non-hydrogen) atoms. The standard InChI is InChI=1S/C27H22ClN3O7S/c28-18-10-16-13-31(26(35)15-4-3-14-6-8-38-20(14)11-15)7-5-17(16)23(32)22(18)25(34)30-19(27(36)37)12-29-24(33)21-2-1-9-39-21/h1-4,6,8-11,19,32H,5,7,12-13H2,(H,29,33)(H,30,34)(H,36,37)/t19-/m0/s1. The number of hydrogen-bond donors (Lipinski definition) is 4. The third-order valence-corrected chi connectivity index (χ3v) is 7.64. The lowest BCUT2D eigenvalue weighted by Gasteiger charge is -2.30. The van der Waals surface area contributed by atoms with Gasteiger partial charge in [-0.05, 0) is 47.7 Å². The predicted molar refractivity (Wildman–Crippen MR) is 143 cm³/mol. The number of aromatic hydroxyl groups is 1. The molecule has 0 spiro atoms. The summed E-state index contributed by atoms with van der Waals surface area (Å²) in [6, 6.07) is 10.3. The summed E-state index contributed by atoms with van der Waals surface area (Å²) in [5.74, 6) is -3.33. The summed E-state index contributed by atoms with van der Waals surface area (Å²) in [5.41, 5.74) is 1.81. The van der Waals surface area contributed by atoms with Crippen LogP contribution in [0.25, 0.3) is 11.0 Å². The van der Waals surface area contributed by atoms with E-state index >= 15 is 0 Å². The first kappa shape index (κ1) is 26.3. The van der Waals surface area contributed by atoms with E-state index in [1.165, 1.54) is 17.4 Å². The van der Waals surface area contributed by atoms with Crippen LogP contribution in [0.15, 0.2) is 58.5 Å². The Labute approximate surface area is 230 Å². The molecule has 0 aliphatic carbocycles. The van der Waals surface area contributed by atoms with E-state index < -0.39 is 23.8 Å². The number of carbonyl (C=O) groups excluding carboxylic acids is 3. The number of carboxylic acids is 1. The van der Waals surface area contributed by atoms with Gasteiger partial charge in [-0.3, -0.25) is 14.4 Å². The smallest absolute Gasteiger partial charge is 0.328 e. The number of phenolic OH excluding ortho intramolecular Hbond substituents is 1. The molecule has 1 atom stereocenters. The zero-order valence-electron chi connectivity index (χ0n) is 20.3. The van der Waals surface area contributed by atoms with Gasteiger partial charge in [0, 0.05) is 36.1 Å². The molecule has 1 aliphatic rings. The van der Waals surface area contributed by atoms with Crippen LogP contribution in [0.3, 0.4) is 0 Å². The number of hydrogen-bond acceptors (Lipinski definition) is 7. The lowest BCUT2D eigenvalue weighted by Crippen LogP contribution is -2.48. The van der Waals surface area contributed by atoms with Gasteiger partial charge < -0.3 is 30.2 Å². The number of nitrogens with one attached hydrogen (secondary N) is 2. The fourth-order valence-corrected chi connectivity index (χ4v) is 5.41. The summed E-state index contributed by atoms with van der Waals surface area (Å²) < 4.78 is 5.39. The first-order chi connectivity index (χ1) is 18.7. The van der Waals surface area contributed by atoms with E-state index in [1.807, 2.05) is 0 Å². The number of thiophene rings is 1. The molecule has 1 aliphatic heterocycles. The normalized spacial score (nSPS) is 13.5. The molecule has 2 aromatic heterocycles. The minimum atomic E-state index is -1.47. The Bertz CT molecular complexity index is 1600. The molecular formula is C27H22ClN3O7S. The molecular weight excluding hydrogens is 546 g/mol. The molecule has 0 saturated heterocycles. The van der Waals surface area contributed by atoms with Crippen LogP contribution in [-0.2, 0) is 17.8 Å². The van der Waals surface area contributed by atoms with Crippen LogP contribution in [0.1, 0.15) is 41.5 Å². The highest BCUT2D eigenvalue weighted by Crippen LogP contribution is 2.36. The second-order valence-corrected chi connectivity index (χ2v) is 10.3. The summed E-state index contributed by atoms with van der Waals surface area (Å²) in [4.78, 5) is 52.0. The van der Waals surface area contributed by atoms with Gasteiger partial charge in [-0.15, -0.1) is 11.3 Å². The van der Waals surface area contributed by atoms with E-state index in [0.29, 0.717) is 27.2 Å². The third kappa shape index (κ3) is 5.31. The van der Waals surface area contributed by atoms with Crippen molar-refractivity contribution in [2.75, 3.05) is 13.1 Å². The molecule has 0 bridgehead atoms. The van der Waals surface area contributed by atoms with Crippen LogP contribution in [-0.4, -0.2) is 57.9 Å². The lowest BCUT2D eigenvalue weighted by atomic mass is 9.94. The number of aliphatic carboxylic acids is 1. The van der Waals surface area contributed by atoms with Crippen LogP contribution >= 0.6 is 22.9 Å². The number of benzene rings is 2. The number of carboxylic acid groups (broad SMARTS) is 1. The summed E-state index contributed by atoms with van der Waals surface area (Å²) in [6.45, 7) is 0.0683. The van der Waals surface area contributed by atoms with Gasteiger partial charge in [-0.25, -0.2) is 4.79 Å². The molecule has 2 aromatic carbocycles. The SMILES string of the molecule is O=C(NC[C@H](NC(=O)c1c(Cl)cc2c(c1O)CCN(C(=O)c1ccc3ccoc3c1)C2)C(=O)O)c1cccs1. The second kappa shape index (κ2) is 10.8. The molecule has 12 heteroatoms. The van der Waals surface area contributed by atoms with Crippen molar-refractivity contribution in [3.05, 3.63) is 86.3 Å². The van der Waals surface area contributed by atoms with E-state index in [9.17, 15) is 29.4 Å². The van der Waals surface area contributed by atoms with E-state index in [-0.39, 0.29) is 48.3 Å². The minimum Gasteiger partial charge on any atom is -0.507 e. The minimum absolute atomic E-state index is 0.0955. The number of phenols is 1.